The molecule has 68 valence electrons. The molecule has 2 heterocycles. The van der Waals surface area contributed by atoms with Gasteiger partial charge in [0.25, 0.3) is 0 Å². The number of nitrogens with zero attached hydrogens (tertiary/aromatic N) is 2. The molecule has 0 aliphatic carbocycles. The summed E-state index contributed by atoms with van der Waals surface area (Å²) in [6.45, 7) is 0. The molecule has 2 aromatic rings. The number of rotatable bonds is 0. The smallest absolute Gasteiger partial charge is 0.133 e. The maximum atomic E-state index is 4.30. The van der Waals surface area contributed by atoms with Crippen molar-refractivity contribution in [2.24, 2.45) is 0 Å². The van der Waals surface area contributed by atoms with Crippen LogP contribution in [0.25, 0.3) is 0 Å². The zero-order valence-corrected chi connectivity index (χ0v) is 8.81. The van der Waals surface area contributed by atoms with Gasteiger partial charge in [-0.1, -0.05) is 35.7 Å². The van der Waals surface area contributed by atoms with E-state index in [4.69, 9.17) is 0 Å². The van der Waals surface area contributed by atoms with Crippen LogP contribution < -0.4 is 0 Å². The Labute approximate surface area is 90.2 Å². The molecule has 0 N–H and O–H groups in total. The number of hydrogen-bond donors (Lipinski definition) is 0. The van der Waals surface area contributed by atoms with Gasteiger partial charge in [-0.25, -0.2) is 9.97 Å². The van der Waals surface area contributed by atoms with Gasteiger partial charge < -0.3 is 0 Å². The zero-order chi connectivity index (χ0) is 9.38. The number of aromatic nitrogens is 2. The molecule has 0 fully saturated rings. The van der Waals surface area contributed by atoms with Gasteiger partial charge in [0.15, 0.2) is 0 Å². The van der Waals surface area contributed by atoms with Gasteiger partial charge in [-0.2, -0.15) is 0 Å². The Morgan fingerprint density at radius 3 is 1.79 bits per heavy atom. The normalized spacial score (nSPS) is 13.1. The predicted molar refractivity (Wildman–Crippen MR) is 56.7 cm³/mol. The minimum atomic E-state index is 1.01. The predicted octanol–water partition coefficient (Wildman–Crippen LogP) is 3.09. The van der Waals surface area contributed by atoms with Crippen LogP contribution in [0, 0.1) is 0 Å². The monoisotopic (exact) mass is 218 g/mol. The summed E-state index contributed by atoms with van der Waals surface area (Å²) in [5.74, 6) is 0. The first-order valence-corrected chi connectivity index (χ1v) is 5.82. The third kappa shape index (κ3) is 1.31. The van der Waals surface area contributed by atoms with Crippen molar-refractivity contribution in [1.82, 2.24) is 9.97 Å². The van der Waals surface area contributed by atoms with Crippen LogP contribution in [0.15, 0.2) is 56.5 Å². The highest BCUT2D eigenvalue weighted by atomic mass is 32.2. The summed E-state index contributed by atoms with van der Waals surface area (Å²) in [6.07, 6.45) is 3.47. The molecule has 1 aromatic carbocycles. The molecule has 0 amide bonds. The Morgan fingerprint density at radius 2 is 1.29 bits per heavy atom. The highest BCUT2D eigenvalue weighted by Crippen LogP contribution is 2.45. The van der Waals surface area contributed by atoms with E-state index in [0.717, 1.165) is 10.1 Å². The minimum absolute atomic E-state index is 1.01. The lowest BCUT2D eigenvalue weighted by Gasteiger charge is -2.14. The van der Waals surface area contributed by atoms with Crippen LogP contribution in [0.3, 0.4) is 0 Å². The van der Waals surface area contributed by atoms with Crippen molar-refractivity contribution in [3.63, 3.8) is 0 Å². The molecular weight excluding hydrogens is 212 g/mol. The van der Waals surface area contributed by atoms with E-state index in [0.29, 0.717) is 0 Å². The summed E-state index contributed by atoms with van der Waals surface area (Å²) in [5.41, 5.74) is 0. The highest BCUT2D eigenvalue weighted by Gasteiger charge is 2.17. The molecule has 0 radical (unpaired) electrons. The standard InChI is InChI=1S/C10H6N2S2/c1-2-4-8-7(3-1)13-9-10(14-8)12-6-5-11-9/h1-6H. The molecule has 14 heavy (non-hydrogen) atoms. The second-order valence-corrected chi connectivity index (χ2v) is 4.88. The second kappa shape index (κ2) is 3.29. The Balaban J connectivity index is 2.12. The van der Waals surface area contributed by atoms with Gasteiger partial charge in [0.05, 0.1) is 0 Å². The van der Waals surface area contributed by atoms with E-state index in [1.165, 1.54) is 9.79 Å². The summed E-state index contributed by atoms with van der Waals surface area (Å²) in [5, 5.41) is 2.02. The van der Waals surface area contributed by atoms with Gasteiger partial charge in [0.2, 0.25) is 0 Å². The first kappa shape index (κ1) is 8.32. The van der Waals surface area contributed by atoms with Gasteiger partial charge in [-0.15, -0.1) is 0 Å². The lowest BCUT2D eigenvalue weighted by atomic mass is 10.4. The quantitative estimate of drug-likeness (QED) is 0.579. The largest absolute Gasteiger partial charge is 0.245 e. The molecule has 0 saturated carbocycles. The molecule has 0 unspecified atom stereocenters. The van der Waals surface area contributed by atoms with Crippen LogP contribution in [-0.2, 0) is 0 Å². The van der Waals surface area contributed by atoms with Crippen molar-refractivity contribution in [3.05, 3.63) is 36.7 Å². The Bertz CT molecular complexity index is 398. The van der Waals surface area contributed by atoms with Crippen LogP contribution in [0.2, 0.25) is 0 Å². The molecule has 1 aliphatic rings. The lowest BCUT2D eigenvalue weighted by molar-refractivity contribution is 0.908. The fourth-order valence-electron chi connectivity index (χ4n) is 1.28. The van der Waals surface area contributed by atoms with Crippen molar-refractivity contribution >= 4 is 23.5 Å². The van der Waals surface area contributed by atoms with Gasteiger partial charge in [-0.3, -0.25) is 0 Å². The topological polar surface area (TPSA) is 25.8 Å². The van der Waals surface area contributed by atoms with E-state index in [-0.39, 0.29) is 0 Å². The fraction of sp³-hybridized carbons (Fsp3) is 0. The minimum Gasteiger partial charge on any atom is -0.245 e. The summed E-state index contributed by atoms with van der Waals surface area (Å²) >= 11 is 3.38. The van der Waals surface area contributed by atoms with Crippen LogP contribution >= 0.6 is 23.5 Å². The fourth-order valence-corrected chi connectivity index (χ4v) is 3.33. The maximum Gasteiger partial charge on any atom is 0.133 e. The van der Waals surface area contributed by atoms with Crippen LogP contribution in [0.1, 0.15) is 0 Å². The third-order valence-corrected chi connectivity index (χ3v) is 4.29. The van der Waals surface area contributed by atoms with Crippen LogP contribution in [-0.4, -0.2) is 9.97 Å². The lowest BCUT2D eigenvalue weighted by Crippen LogP contribution is -1.93. The van der Waals surface area contributed by atoms with Crippen molar-refractivity contribution in [1.29, 1.82) is 0 Å². The number of benzene rings is 1. The third-order valence-electron chi connectivity index (χ3n) is 1.90. The van der Waals surface area contributed by atoms with Gasteiger partial charge in [0.1, 0.15) is 10.1 Å². The summed E-state index contributed by atoms with van der Waals surface area (Å²) < 4.78 is 0. The van der Waals surface area contributed by atoms with Crippen molar-refractivity contribution < 1.29 is 0 Å². The van der Waals surface area contributed by atoms with E-state index in [1.807, 2.05) is 12.1 Å². The van der Waals surface area contributed by atoms with Crippen molar-refractivity contribution in [2.45, 2.75) is 19.8 Å². The van der Waals surface area contributed by atoms with Crippen molar-refractivity contribution in [3.8, 4) is 0 Å². The van der Waals surface area contributed by atoms with E-state index in [1.54, 1.807) is 35.9 Å². The molecule has 0 atom stereocenters. The molecule has 2 nitrogen and oxygen atoms in total. The molecule has 0 spiro atoms. The molecule has 3 rings (SSSR count). The molecular formula is C10H6N2S2. The van der Waals surface area contributed by atoms with E-state index in [2.05, 4.69) is 22.1 Å². The average molecular weight is 218 g/mol. The van der Waals surface area contributed by atoms with Crippen molar-refractivity contribution in [2.75, 3.05) is 0 Å². The summed E-state index contributed by atoms with van der Waals surface area (Å²) in [7, 11) is 0. The SMILES string of the molecule is c1ccc2c(c1)Sc1nccnc1S2. The van der Waals surface area contributed by atoms with Gasteiger partial charge in [0, 0.05) is 22.2 Å². The molecule has 1 aromatic heterocycles. The van der Waals surface area contributed by atoms with E-state index in [9.17, 15) is 0 Å². The first-order chi connectivity index (χ1) is 6.93. The Morgan fingerprint density at radius 1 is 0.786 bits per heavy atom. The number of fused-ring (bicyclic) bond motifs is 2. The molecule has 4 heteroatoms. The van der Waals surface area contributed by atoms with Gasteiger partial charge >= 0.3 is 0 Å². The van der Waals surface area contributed by atoms with Crippen LogP contribution in [0.4, 0.5) is 0 Å². The maximum absolute atomic E-state index is 4.30. The second-order valence-electron chi connectivity index (χ2n) is 2.82. The zero-order valence-electron chi connectivity index (χ0n) is 7.18. The first-order valence-electron chi connectivity index (χ1n) is 4.19. The average Bonchev–Trinajstić information content (AvgIpc) is 2.26. The molecule has 0 saturated heterocycles. The Hall–Kier alpha value is -1.00. The molecule has 0 bridgehead atoms. The Kier molecular flexibility index (Phi) is 1.96. The summed E-state index contributed by atoms with van der Waals surface area (Å²) in [4.78, 5) is 11.1. The highest BCUT2D eigenvalue weighted by molar-refractivity contribution is 8.05. The van der Waals surface area contributed by atoms with Crippen LogP contribution in [0.5, 0.6) is 0 Å². The summed E-state index contributed by atoms with van der Waals surface area (Å²) in [6, 6.07) is 8.33. The van der Waals surface area contributed by atoms with E-state index < -0.39 is 0 Å². The van der Waals surface area contributed by atoms with E-state index >= 15 is 0 Å². The molecule has 1 aliphatic heterocycles. The number of hydrogen-bond acceptors (Lipinski definition) is 4. The van der Waals surface area contributed by atoms with Gasteiger partial charge in [-0.05, 0) is 12.1 Å².